The van der Waals surface area contributed by atoms with Gasteiger partial charge in [0, 0.05) is 19.2 Å². The second-order valence-corrected chi connectivity index (χ2v) is 8.52. The number of benzene rings is 1. The minimum Gasteiger partial charge on any atom is -0.358 e. The number of hydrazine groups is 1. The summed E-state index contributed by atoms with van der Waals surface area (Å²) < 4.78 is 0. The first-order valence-electron chi connectivity index (χ1n) is 10.3. The van der Waals surface area contributed by atoms with Crippen molar-refractivity contribution in [3.8, 4) is 0 Å². The molecule has 6 nitrogen and oxygen atoms in total. The number of hydrogen-bond acceptors (Lipinski definition) is 3. The SMILES string of the molecule is CC(=O)N1C=Cc2ccccc2[C@H]1CC(=O)NNC(=S)N[C@H]1CCC[C@H](C)[C@H]1C. The van der Waals surface area contributed by atoms with Crippen LogP contribution in [-0.2, 0) is 9.59 Å². The minimum atomic E-state index is -0.337. The third-order valence-electron chi connectivity index (χ3n) is 6.19. The Morgan fingerprint density at radius 2 is 1.93 bits per heavy atom. The van der Waals surface area contributed by atoms with Crippen LogP contribution in [-0.4, -0.2) is 27.9 Å². The van der Waals surface area contributed by atoms with Gasteiger partial charge in [0.2, 0.25) is 11.8 Å². The van der Waals surface area contributed by atoms with Crippen molar-refractivity contribution in [1.29, 1.82) is 0 Å². The van der Waals surface area contributed by atoms with Gasteiger partial charge < -0.3 is 10.2 Å². The molecule has 7 heteroatoms. The summed E-state index contributed by atoms with van der Waals surface area (Å²) in [6, 6.07) is 7.79. The Morgan fingerprint density at radius 1 is 1.17 bits per heavy atom. The first-order chi connectivity index (χ1) is 13.9. The zero-order valence-electron chi connectivity index (χ0n) is 17.3. The van der Waals surface area contributed by atoms with E-state index >= 15 is 0 Å². The van der Waals surface area contributed by atoms with E-state index in [0.717, 1.165) is 17.5 Å². The van der Waals surface area contributed by atoms with Crippen LogP contribution in [0.5, 0.6) is 0 Å². The molecule has 0 radical (unpaired) electrons. The first-order valence-corrected chi connectivity index (χ1v) is 10.7. The maximum absolute atomic E-state index is 12.6. The van der Waals surface area contributed by atoms with Crippen LogP contribution in [0.3, 0.4) is 0 Å². The van der Waals surface area contributed by atoms with Gasteiger partial charge in [-0.25, -0.2) is 0 Å². The molecule has 1 fully saturated rings. The molecular weight excluding hydrogens is 384 g/mol. The molecule has 3 rings (SSSR count). The van der Waals surface area contributed by atoms with E-state index in [1.165, 1.54) is 19.8 Å². The zero-order valence-corrected chi connectivity index (χ0v) is 18.1. The second kappa shape index (κ2) is 9.39. The molecule has 1 saturated carbocycles. The van der Waals surface area contributed by atoms with Crippen LogP contribution in [0.2, 0.25) is 0 Å². The van der Waals surface area contributed by atoms with Crippen LogP contribution >= 0.6 is 12.2 Å². The Balaban J connectivity index is 1.56. The number of nitrogens with one attached hydrogen (secondary N) is 3. The standard InChI is InChI=1S/C22H30N4O2S/c1-14-7-6-10-19(15(14)2)23-22(29)25-24-21(28)13-20-18-9-5-4-8-17(18)11-12-26(20)16(3)27/h4-5,8-9,11-12,14-15,19-20H,6-7,10,13H2,1-3H3,(H,24,28)(H2,23,25,29)/t14-,15+,19-,20+/m0/s1. The Morgan fingerprint density at radius 3 is 2.69 bits per heavy atom. The van der Waals surface area contributed by atoms with Gasteiger partial charge in [-0.05, 0) is 47.7 Å². The van der Waals surface area contributed by atoms with Crippen LogP contribution in [0.1, 0.15) is 63.6 Å². The summed E-state index contributed by atoms with van der Waals surface area (Å²) in [6.45, 7) is 6.02. The summed E-state index contributed by atoms with van der Waals surface area (Å²) in [5, 5.41) is 3.76. The number of carbonyl (C=O) groups excluding carboxylic acids is 2. The summed E-state index contributed by atoms with van der Waals surface area (Å²) in [5.74, 6) is 0.879. The normalized spacial score (nSPS) is 25.7. The lowest BCUT2D eigenvalue weighted by molar-refractivity contribution is -0.130. The molecule has 0 unspecified atom stereocenters. The molecule has 2 amide bonds. The quantitative estimate of drug-likeness (QED) is 0.523. The van der Waals surface area contributed by atoms with Crippen LogP contribution < -0.4 is 16.2 Å². The molecule has 3 N–H and O–H groups in total. The van der Waals surface area contributed by atoms with Gasteiger partial charge in [-0.1, -0.05) is 51.0 Å². The van der Waals surface area contributed by atoms with Crippen molar-refractivity contribution in [2.24, 2.45) is 11.8 Å². The van der Waals surface area contributed by atoms with Crippen molar-refractivity contribution < 1.29 is 9.59 Å². The van der Waals surface area contributed by atoms with Crippen LogP contribution in [0.4, 0.5) is 0 Å². The third-order valence-corrected chi connectivity index (χ3v) is 6.41. The number of amides is 2. The molecule has 1 aromatic carbocycles. The Kier molecular flexibility index (Phi) is 6.90. The van der Waals surface area contributed by atoms with Crippen molar-refractivity contribution in [2.75, 3.05) is 0 Å². The van der Waals surface area contributed by atoms with E-state index in [1.807, 2.05) is 30.3 Å². The van der Waals surface area contributed by atoms with Gasteiger partial charge in [-0.15, -0.1) is 0 Å². The molecule has 1 heterocycles. The van der Waals surface area contributed by atoms with Crippen molar-refractivity contribution in [2.45, 2.75) is 58.5 Å². The van der Waals surface area contributed by atoms with E-state index in [-0.39, 0.29) is 24.3 Å². The molecule has 0 saturated heterocycles. The monoisotopic (exact) mass is 414 g/mol. The number of nitrogens with zero attached hydrogens (tertiary/aromatic N) is 1. The van der Waals surface area contributed by atoms with Crippen molar-refractivity contribution in [3.63, 3.8) is 0 Å². The lowest BCUT2D eigenvalue weighted by Gasteiger charge is -2.35. The van der Waals surface area contributed by atoms with Gasteiger partial charge >= 0.3 is 0 Å². The van der Waals surface area contributed by atoms with Crippen molar-refractivity contribution in [1.82, 2.24) is 21.1 Å². The Labute approximate surface area is 178 Å². The molecule has 0 aromatic heterocycles. The zero-order chi connectivity index (χ0) is 21.0. The molecule has 1 aliphatic carbocycles. The van der Waals surface area contributed by atoms with Crippen molar-refractivity contribution in [3.05, 3.63) is 41.6 Å². The topological polar surface area (TPSA) is 73.5 Å². The fourth-order valence-electron chi connectivity index (χ4n) is 4.26. The molecule has 156 valence electrons. The summed E-state index contributed by atoms with van der Waals surface area (Å²) >= 11 is 5.36. The fraction of sp³-hybridized carbons (Fsp3) is 0.500. The highest BCUT2D eigenvalue weighted by Gasteiger charge is 2.29. The van der Waals surface area contributed by atoms with Gasteiger partial charge in [-0.2, -0.15) is 0 Å². The molecule has 2 aliphatic rings. The maximum atomic E-state index is 12.6. The van der Waals surface area contributed by atoms with E-state index in [2.05, 4.69) is 30.0 Å². The predicted octanol–water partition coefficient (Wildman–Crippen LogP) is 3.27. The first kappa shape index (κ1) is 21.3. The van der Waals surface area contributed by atoms with Crippen molar-refractivity contribution >= 4 is 35.2 Å². The highest BCUT2D eigenvalue weighted by Crippen LogP contribution is 2.32. The molecular formula is C22H30N4O2S. The molecule has 1 aromatic rings. The third kappa shape index (κ3) is 5.15. The summed E-state index contributed by atoms with van der Waals surface area (Å²) in [7, 11) is 0. The largest absolute Gasteiger partial charge is 0.358 e. The Bertz CT molecular complexity index is 810. The number of fused-ring (bicyclic) bond motifs is 1. The predicted molar refractivity (Wildman–Crippen MR) is 118 cm³/mol. The molecule has 1 aliphatic heterocycles. The van der Waals surface area contributed by atoms with Gasteiger partial charge in [0.25, 0.3) is 0 Å². The van der Waals surface area contributed by atoms with Gasteiger partial charge in [0.1, 0.15) is 0 Å². The molecule has 0 bridgehead atoms. The number of carbonyl (C=O) groups is 2. The summed E-state index contributed by atoms with van der Waals surface area (Å²) in [5.41, 5.74) is 7.49. The minimum absolute atomic E-state index is 0.0981. The second-order valence-electron chi connectivity index (χ2n) is 8.11. The van der Waals surface area contributed by atoms with Gasteiger partial charge in [0.05, 0.1) is 12.5 Å². The molecule has 4 atom stereocenters. The highest BCUT2D eigenvalue weighted by atomic mass is 32.1. The molecule has 29 heavy (non-hydrogen) atoms. The van der Waals surface area contributed by atoms with E-state index < -0.39 is 0 Å². The Hall–Kier alpha value is -2.41. The average molecular weight is 415 g/mol. The molecule has 0 spiro atoms. The van der Waals surface area contributed by atoms with E-state index in [9.17, 15) is 9.59 Å². The average Bonchev–Trinajstić information content (AvgIpc) is 2.70. The van der Waals surface area contributed by atoms with Gasteiger partial charge in [-0.3, -0.25) is 20.4 Å². The van der Waals surface area contributed by atoms with Crippen LogP contribution in [0, 0.1) is 11.8 Å². The lowest BCUT2D eigenvalue weighted by atomic mass is 9.78. The van der Waals surface area contributed by atoms with E-state index in [4.69, 9.17) is 12.2 Å². The number of hydrogen-bond donors (Lipinski definition) is 3. The van der Waals surface area contributed by atoms with E-state index in [1.54, 1.807) is 11.1 Å². The summed E-state index contributed by atoms with van der Waals surface area (Å²) in [6.07, 6.45) is 7.31. The van der Waals surface area contributed by atoms with Crippen LogP contribution in [0.15, 0.2) is 30.5 Å². The fourth-order valence-corrected chi connectivity index (χ4v) is 4.46. The number of thiocarbonyl (C=S) groups is 1. The number of rotatable bonds is 3. The summed E-state index contributed by atoms with van der Waals surface area (Å²) in [4.78, 5) is 26.2. The van der Waals surface area contributed by atoms with Crippen LogP contribution in [0.25, 0.3) is 6.08 Å². The maximum Gasteiger partial charge on any atom is 0.240 e. The highest BCUT2D eigenvalue weighted by molar-refractivity contribution is 7.80. The van der Waals surface area contributed by atoms with Gasteiger partial charge in [0.15, 0.2) is 5.11 Å². The smallest absolute Gasteiger partial charge is 0.240 e. The lowest BCUT2D eigenvalue weighted by Crippen LogP contribution is -2.52. The van der Waals surface area contributed by atoms with E-state index in [0.29, 0.717) is 23.0 Å².